The molecule has 1 aliphatic heterocycles. The van der Waals surface area contributed by atoms with Gasteiger partial charge in [-0.15, -0.1) is 0 Å². The van der Waals surface area contributed by atoms with Crippen molar-refractivity contribution in [1.29, 1.82) is 0 Å². The normalized spacial score (nSPS) is 20.2. The molecule has 1 saturated heterocycles. The van der Waals surface area contributed by atoms with Gasteiger partial charge < -0.3 is 10.1 Å². The summed E-state index contributed by atoms with van der Waals surface area (Å²) in [7, 11) is 1.70. The van der Waals surface area contributed by atoms with E-state index in [1.807, 2.05) is 18.3 Å². The predicted octanol–water partition coefficient (Wildman–Crippen LogP) is 3.45. The van der Waals surface area contributed by atoms with Crippen LogP contribution in [-0.2, 0) is 0 Å². The smallest absolute Gasteiger partial charge is 0.145 e. The second kappa shape index (κ2) is 5.57. The number of rotatable bonds is 2. The summed E-state index contributed by atoms with van der Waals surface area (Å²) in [5.74, 6) is 0.855. The molecule has 100 valence electrons. The highest BCUT2D eigenvalue weighted by atomic mass is 16.5. The number of fused-ring (bicyclic) bond motifs is 1. The Morgan fingerprint density at radius 3 is 3.05 bits per heavy atom. The summed E-state index contributed by atoms with van der Waals surface area (Å²) in [6.07, 6.45) is 6.94. The summed E-state index contributed by atoms with van der Waals surface area (Å²) in [5.41, 5.74) is 2.32. The van der Waals surface area contributed by atoms with Gasteiger partial charge in [0, 0.05) is 17.6 Å². The molecule has 1 aliphatic rings. The van der Waals surface area contributed by atoms with Gasteiger partial charge in [-0.2, -0.15) is 0 Å². The monoisotopic (exact) mass is 256 g/mol. The first-order chi connectivity index (χ1) is 9.40. The van der Waals surface area contributed by atoms with Crippen molar-refractivity contribution in [2.24, 2.45) is 0 Å². The van der Waals surface area contributed by atoms with Crippen LogP contribution >= 0.6 is 0 Å². The first-order valence-corrected chi connectivity index (χ1v) is 7.05. The van der Waals surface area contributed by atoms with Gasteiger partial charge in [0.25, 0.3) is 0 Å². The maximum atomic E-state index is 5.41. The van der Waals surface area contributed by atoms with Gasteiger partial charge in [0.15, 0.2) is 0 Å². The number of pyridine rings is 1. The number of ether oxygens (including phenoxy) is 1. The van der Waals surface area contributed by atoms with E-state index in [1.165, 1.54) is 36.6 Å². The summed E-state index contributed by atoms with van der Waals surface area (Å²) in [6, 6.07) is 8.82. The fraction of sp³-hybridized carbons (Fsp3) is 0.438. The molecule has 3 nitrogen and oxygen atoms in total. The molecule has 3 heteroatoms. The van der Waals surface area contributed by atoms with Crippen molar-refractivity contribution in [2.45, 2.75) is 31.7 Å². The van der Waals surface area contributed by atoms with Crippen LogP contribution in [0.2, 0.25) is 0 Å². The molecular weight excluding hydrogens is 236 g/mol. The summed E-state index contributed by atoms with van der Waals surface area (Å²) < 4.78 is 5.41. The average molecular weight is 256 g/mol. The second-order valence-corrected chi connectivity index (χ2v) is 5.11. The lowest BCUT2D eigenvalue weighted by Crippen LogP contribution is -2.20. The Morgan fingerprint density at radius 1 is 1.21 bits per heavy atom. The first kappa shape index (κ1) is 12.4. The van der Waals surface area contributed by atoms with Gasteiger partial charge >= 0.3 is 0 Å². The third-order valence-electron chi connectivity index (χ3n) is 3.92. The Labute approximate surface area is 114 Å². The van der Waals surface area contributed by atoms with Gasteiger partial charge in [0.2, 0.25) is 0 Å². The van der Waals surface area contributed by atoms with Crippen molar-refractivity contribution in [2.75, 3.05) is 13.7 Å². The average Bonchev–Trinajstić information content (AvgIpc) is 2.75. The van der Waals surface area contributed by atoms with E-state index in [1.54, 1.807) is 7.11 Å². The molecule has 1 fully saturated rings. The van der Waals surface area contributed by atoms with Gasteiger partial charge in [0.1, 0.15) is 11.3 Å². The van der Waals surface area contributed by atoms with Crippen molar-refractivity contribution in [1.82, 2.24) is 10.3 Å². The summed E-state index contributed by atoms with van der Waals surface area (Å²) in [4.78, 5) is 4.48. The lowest BCUT2D eigenvalue weighted by Gasteiger charge is -2.19. The fourth-order valence-corrected chi connectivity index (χ4v) is 2.93. The number of aromatic nitrogens is 1. The minimum absolute atomic E-state index is 0.445. The number of hydrogen-bond donors (Lipinski definition) is 1. The number of benzene rings is 1. The van der Waals surface area contributed by atoms with E-state index < -0.39 is 0 Å². The van der Waals surface area contributed by atoms with Crippen LogP contribution in [0.1, 0.15) is 37.3 Å². The Balaban J connectivity index is 2.08. The zero-order valence-corrected chi connectivity index (χ0v) is 11.4. The van der Waals surface area contributed by atoms with Gasteiger partial charge in [-0.05, 0) is 37.1 Å². The molecule has 1 atom stereocenters. The predicted molar refractivity (Wildman–Crippen MR) is 77.5 cm³/mol. The third-order valence-corrected chi connectivity index (χ3v) is 3.92. The summed E-state index contributed by atoms with van der Waals surface area (Å²) in [5, 5.41) is 4.87. The molecule has 19 heavy (non-hydrogen) atoms. The molecule has 0 aliphatic carbocycles. The van der Waals surface area contributed by atoms with Crippen molar-refractivity contribution >= 4 is 10.9 Å². The molecule has 1 N–H and O–H groups in total. The molecule has 0 saturated carbocycles. The number of hydrogen-bond acceptors (Lipinski definition) is 3. The molecular formula is C16H20N2O. The quantitative estimate of drug-likeness (QED) is 0.893. The molecule has 2 heterocycles. The van der Waals surface area contributed by atoms with Crippen LogP contribution in [0.4, 0.5) is 0 Å². The zero-order chi connectivity index (χ0) is 13.1. The molecule has 1 aromatic heterocycles. The molecule has 0 amide bonds. The van der Waals surface area contributed by atoms with Crippen LogP contribution in [0.15, 0.2) is 30.5 Å². The van der Waals surface area contributed by atoms with Crippen LogP contribution in [0.5, 0.6) is 5.75 Å². The van der Waals surface area contributed by atoms with Crippen LogP contribution < -0.4 is 10.1 Å². The maximum Gasteiger partial charge on any atom is 0.145 e. The van der Waals surface area contributed by atoms with E-state index in [0.717, 1.165) is 17.8 Å². The Morgan fingerprint density at radius 2 is 2.16 bits per heavy atom. The van der Waals surface area contributed by atoms with Crippen LogP contribution in [0.25, 0.3) is 10.9 Å². The molecule has 0 spiro atoms. The first-order valence-electron chi connectivity index (χ1n) is 7.05. The van der Waals surface area contributed by atoms with Crippen molar-refractivity contribution in [3.05, 3.63) is 36.0 Å². The fourth-order valence-electron chi connectivity index (χ4n) is 2.93. The molecule has 1 unspecified atom stereocenters. The standard InChI is InChI=1S/C16H20N2O/c1-19-15-9-8-12(13-6-5-11-18-16(13)15)14-7-3-2-4-10-17-14/h5-6,8-9,11,14,17H,2-4,7,10H2,1H3. The van der Waals surface area contributed by atoms with Crippen molar-refractivity contribution in [3.8, 4) is 5.75 Å². The van der Waals surface area contributed by atoms with Crippen molar-refractivity contribution < 1.29 is 4.74 Å². The lowest BCUT2D eigenvalue weighted by molar-refractivity contribution is 0.418. The van der Waals surface area contributed by atoms with Gasteiger partial charge in [-0.25, -0.2) is 0 Å². The molecule has 0 bridgehead atoms. The molecule has 3 rings (SSSR count). The number of methoxy groups -OCH3 is 1. The second-order valence-electron chi connectivity index (χ2n) is 5.11. The van der Waals surface area contributed by atoms with E-state index in [0.29, 0.717) is 6.04 Å². The highest BCUT2D eigenvalue weighted by Crippen LogP contribution is 2.32. The Bertz CT molecular complexity index is 560. The SMILES string of the molecule is COc1ccc(C2CCCCCN2)c2cccnc12. The highest BCUT2D eigenvalue weighted by molar-refractivity contribution is 5.87. The van der Waals surface area contributed by atoms with Crippen LogP contribution in [0.3, 0.4) is 0 Å². The lowest BCUT2D eigenvalue weighted by atomic mass is 9.97. The van der Waals surface area contributed by atoms with E-state index in [4.69, 9.17) is 4.74 Å². The topological polar surface area (TPSA) is 34.1 Å². The van der Waals surface area contributed by atoms with E-state index in [-0.39, 0.29) is 0 Å². The summed E-state index contributed by atoms with van der Waals surface area (Å²) >= 11 is 0. The third kappa shape index (κ3) is 2.43. The summed E-state index contributed by atoms with van der Waals surface area (Å²) in [6.45, 7) is 1.11. The number of nitrogens with zero attached hydrogens (tertiary/aromatic N) is 1. The van der Waals surface area contributed by atoms with E-state index in [2.05, 4.69) is 22.4 Å². The molecule has 1 aromatic carbocycles. The largest absolute Gasteiger partial charge is 0.494 e. The maximum absolute atomic E-state index is 5.41. The highest BCUT2D eigenvalue weighted by Gasteiger charge is 2.17. The minimum atomic E-state index is 0.445. The molecule has 2 aromatic rings. The molecule has 0 radical (unpaired) electrons. The van der Waals surface area contributed by atoms with Crippen LogP contribution in [-0.4, -0.2) is 18.6 Å². The van der Waals surface area contributed by atoms with Gasteiger partial charge in [0.05, 0.1) is 7.11 Å². The van der Waals surface area contributed by atoms with Gasteiger partial charge in [-0.1, -0.05) is 25.0 Å². The number of nitrogens with one attached hydrogen (secondary N) is 1. The zero-order valence-electron chi connectivity index (χ0n) is 11.4. The van der Waals surface area contributed by atoms with E-state index in [9.17, 15) is 0 Å². The Kier molecular flexibility index (Phi) is 3.65. The van der Waals surface area contributed by atoms with Gasteiger partial charge in [-0.3, -0.25) is 4.98 Å². The van der Waals surface area contributed by atoms with Crippen LogP contribution in [0, 0.1) is 0 Å². The minimum Gasteiger partial charge on any atom is -0.494 e. The van der Waals surface area contributed by atoms with E-state index >= 15 is 0 Å². The van der Waals surface area contributed by atoms with Crippen molar-refractivity contribution in [3.63, 3.8) is 0 Å². The Hall–Kier alpha value is -1.61.